The largest absolute Gasteiger partial charge is 0.465 e. The summed E-state index contributed by atoms with van der Waals surface area (Å²) in [6, 6.07) is 22.1. The number of aryl methyl sites for hydroxylation is 2. The molecule has 0 saturated heterocycles. The van der Waals surface area contributed by atoms with Crippen molar-refractivity contribution in [3.63, 3.8) is 0 Å². The van der Waals surface area contributed by atoms with Crippen LogP contribution < -0.4 is 0 Å². The number of unbranched alkanes of at least 4 members (excludes halogenated alkanes) is 1. The van der Waals surface area contributed by atoms with Gasteiger partial charge in [0.1, 0.15) is 5.82 Å². The Morgan fingerprint density at radius 2 is 1.75 bits per heavy atom. The molecule has 0 saturated carbocycles. The number of carbonyl (C=O) groups excluding carboxylic acids is 1. The number of methoxy groups -OCH3 is 1. The summed E-state index contributed by atoms with van der Waals surface area (Å²) in [6.07, 6.45) is 2.95. The molecule has 2 aromatic heterocycles. The highest BCUT2D eigenvalue weighted by Crippen LogP contribution is 2.30. The average molecular weight is 481 g/mol. The lowest BCUT2D eigenvalue weighted by atomic mass is 9.98. The molecule has 5 rings (SSSR count). The number of hydrogen-bond acceptors (Lipinski definition) is 6. The Kier molecular flexibility index (Phi) is 6.58. The highest BCUT2D eigenvalue weighted by atomic mass is 16.5. The van der Waals surface area contributed by atoms with E-state index in [0.29, 0.717) is 17.9 Å². The molecule has 8 heteroatoms. The zero-order valence-electron chi connectivity index (χ0n) is 20.7. The van der Waals surface area contributed by atoms with Crippen LogP contribution in [0.5, 0.6) is 0 Å². The van der Waals surface area contributed by atoms with Gasteiger partial charge in [-0.1, -0.05) is 67.9 Å². The number of benzene rings is 3. The van der Waals surface area contributed by atoms with Crippen LogP contribution >= 0.6 is 0 Å². The molecule has 3 aromatic carbocycles. The molecule has 0 unspecified atom stereocenters. The number of tetrazole rings is 1. The van der Waals surface area contributed by atoms with E-state index in [0.717, 1.165) is 58.4 Å². The minimum atomic E-state index is -0.353. The third-order valence-electron chi connectivity index (χ3n) is 6.29. The summed E-state index contributed by atoms with van der Waals surface area (Å²) < 4.78 is 7.21. The minimum absolute atomic E-state index is 0.353. The van der Waals surface area contributed by atoms with E-state index in [-0.39, 0.29) is 5.97 Å². The summed E-state index contributed by atoms with van der Waals surface area (Å²) in [4.78, 5) is 18.9. The van der Waals surface area contributed by atoms with Crippen molar-refractivity contribution < 1.29 is 9.53 Å². The third-order valence-corrected chi connectivity index (χ3v) is 6.29. The molecule has 0 N–H and O–H groups in total. The zero-order chi connectivity index (χ0) is 25.1. The summed E-state index contributed by atoms with van der Waals surface area (Å²) in [5.74, 6) is 1.22. The number of nitrogens with zero attached hydrogens (tertiary/aromatic N) is 6. The molecular weight excluding hydrogens is 452 g/mol. The van der Waals surface area contributed by atoms with Crippen molar-refractivity contribution in [3.8, 4) is 22.5 Å². The smallest absolute Gasteiger partial charge is 0.340 e. The van der Waals surface area contributed by atoms with Crippen LogP contribution in [0.2, 0.25) is 0 Å². The maximum absolute atomic E-state index is 12.5. The lowest BCUT2D eigenvalue weighted by Crippen LogP contribution is -2.09. The van der Waals surface area contributed by atoms with E-state index in [2.05, 4.69) is 57.2 Å². The fraction of sp³-hybridized carbons (Fsp3) is 0.250. The topological polar surface area (TPSA) is 87.7 Å². The number of esters is 1. The first-order valence-electron chi connectivity index (χ1n) is 12.1. The molecule has 182 valence electrons. The highest BCUT2D eigenvalue weighted by molar-refractivity contribution is 6.02. The number of imidazole rings is 1. The number of ether oxygens (including phenoxy) is 1. The molecule has 2 heterocycles. The maximum Gasteiger partial charge on any atom is 0.340 e. The Balaban J connectivity index is 1.52. The average Bonchev–Trinajstić information content (AvgIpc) is 3.50. The summed E-state index contributed by atoms with van der Waals surface area (Å²) in [5.41, 5.74) is 6.33. The van der Waals surface area contributed by atoms with Gasteiger partial charge in [-0.15, -0.1) is 10.2 Å². The molecule has 0 spiro atoms. The first-order valence-corrected chi connectivity index (χ1v) is 12.1. The van der Waals surface area contributed by atoms with Crippen LogP contribution in [0.4, 0.5) is 0 Å². The predicted octanol–water partition coefficient (Wildman–Crippen LogP) is 5.07. The van der Waals surface area contributed by atoms with E-state index in [9.17, 15) is 4.79 Å². The molecular formula is C28H28N6O2. The van der Waals surface area contributed by atoms with Crippen molar-refractivity contribution in [1.29, 1.82) is 0 Å². The summed E-state index contributed by atoms with van der Waals surface area (Å²) in [5, 5.41) is 12.5. The van der Waals surface area contributed by atoms with Gasteiger partial charge in [0.2, 0.25) is 5.82 Å². The van der Waals surface area contributed by atoms with Gasteiger partial charge < -0.3 is 9.30 Å². The number of para-hydroxylation sites is 1. The molecule has 0 radical (unpaired) electrons. The number of aromatic nitrogens is 6. The lowest BCUT2D eigenvalue weighted by Gasteiger charge is -2.13. The standard InChI is InChI=1S/C28H28N6O2/c1-4-5-13-25-29-24-12-8-11-23(28(35)36-3)26(24)34(25)18-19-14-16-20(17-15-19)21-9-6-7-10-22(21)27-30-32-33(2)31-27/h6-12,14-17H,4-5,13,18H2,1-3H3. The van der Waals surface area contributed by atoms with Crippen molar-refractivity contribution >= 4 is 17.0 Å². The van der Waals surface area contributed by atoms with Crippen molar-refractivity contribution in [2.45, 2.75) is 32.7 Å². The van der Waals surface area contributed by atoms with Crippen molar-refractivity contribution in [2.75, 3.05) is 7.11 Å². The molecule has 0 fully saturated rings. The van der Waals surface area contributed by atoms with E-state index in [1.807, 2.05) is 30.3 Å². The van der Waals surface area contributed by atoms with Crippen LogP contribution in [0.3, 0.4) is 0 Å². The monoisotopic (exact) mass is 480 g/mol. The van der Waals surface area contributed by atoms with Gasteiger partial charge in [-0.2, -0.15) is 4.80 Å². The van der Waals surface area contributed by atoms with Gasteiger partial charge in [0, 0.05) is 18.5 Å². The molecule has 0 aliphatic heterocycles. The van der Waals surface area contributed by atoms with Crippen LogP contribution in [-0.4, -0.2) is 42.8 Å². The van der Waals surface area contributed by atoms with E-state index in [1.54, 1.807) is 13.1 Å². The van der Waals surface area contributed by atoms with Gasteiger partial charge >= 0.3 is 5.97 Å². The second-order valence-electron chi connectivity index (χ2n) is 8.73. The van der Waals surface area contributed by atoms with Gasteiger partial charge in [0.05, 0.1) is 30.8 Å². The number of hydrogen-bond donors (Lipinski definition) is 0. The van der Waals surface area contributed by atoms with E-state index in [4.69, 9.17) is 9.72 Å². The minimum Gasteiger partial charge on any atom is -0.465 e. The highest BCUT2D eigenvalue weighted by Gasteiger charge is 2.19. The Morgan fingerprint density at radius 1 is 0.972 bits per heavy atom. The quantitative estimate of drug-likeness (QED) is 0.288. The van der Waals surface area contributed by atoms with Crippen LogP contribution in [0, 0.1) is 0 Å². The van der Waals surface area contributed by atoms with Crippen LogP contribution in [0.15, 0.2) is 66.7 Å². The fourth-order valence-corrected chi connectivity index (χ4v) is 4.50. The Labute approximate surface area is 209 Å². The lowest BCUT2D eigenvalue weighted by molar-refractivity contribution is 0.0602. The normalized spacial score (nSPS) is 11.2. The molecule has 36 heavy (non-hydrogen) atoms. The molecule has 0 amide bonds. The fourth-order valence-electron chi connectivity index (χ4n) is 4.50. The van der Waals surface area contributed by atoms with E-state index < -0.39 is 0 Å². The van der Waals surface area contributed by atoms with Crippen molar-refractivity contribution in [2.24, 2.45) is 7.05 Å². The number of fused-ring (bicyclic) bond motifs is 1. The number of rotatable bonds is 8. The molecule has 0 bridgehead atoms. The maximum atomic E-state index is 12.5. The third kappa shape index (κ3) is 4.49. The van der Waals surface area contributed by atoms with Crippen LogP contribution in [0.1, 0.15) is 41.5 Å². The van der Waals surface area contributed by atoms with Crippen molar-refractivity contribution in [1.82, 2.24) is 29.8 Å². The Morgan fingerprint density at radius 3 is 2.44 bits per heavy atom. The predicted molar refractivity (Wildman–Crippen MR) is 138 cm³/mol. The van der Waals surface area contributed by atoms with Gasteiger partial charge in [-0.05, 0) is 40.5 Å². The molecule has 5 aromatic rings. The Bertz CT molecular complexity index is 1520. The molecule has 0 aliphatic carbocycles. The molecule has 0 atom stereocenters. The zero-order valence-corrected chi connectivity index (χ0v) is 20.7. The van der Waals surface area contributed by atoms with E-state index >= 15 is 0 Å². The first-order chi connectivity index (χ1) is 17.6. The molecule has 8 nitrogen and oxygen atoms in total. The summed E-state index contributed by atoms with van der Waals surface area (Å²) in [7, 11) is 3.17. The summed E-state index contributed by atoms with van der Waals surface area (Å²) >= 11 is 0. The molecule has 0 aliphatic rings. The van der Waals surface area contributed by atoms with Crippen molar-refractivity contribution in [3.05, 3.63) is 83.7 Å². The van der Waals surface area contributed by atoms with Gasteiger partial charge in [0.15, 0.2) is 0 Å². The second-order valence-corrected chi connectivity index (χ2v) is 8.73. The van der Waals surface area contributed by atoms with Crippen LogP contribution in [0.25, 0.3) is 33.5 Å². The number of carbonyl (C=O) groups is 1. The second kappa shape index (κ2) is 10.1. The van der Waals surface area contributed by atoms with Gasteiger partial charge in [0.25, 0.3) is 0 Å². The SMILES string of the molecule is CCCCc1nc2cccc(C(=O)OC)c2n1Cc1ccc(-c2ccccc2-c2nnn(C)n2)cc1. The van der Waals surface area contributed by atoms with Crippen LogP contribution in [-0.2, 0) is 24.8 Å². The van der Waals surface area contributed by atoms with Gasteiger partial charge in [-0.3, -0.25) is 0 Å². The van der Waals surface area contributed by atoms with E-state index in [1.165, 1.54) is 11.9 Å². The van der Waals surface area contributed by atoms with Gasteiger partial charge in [-0.25, -0.2) is 9.78 Å². The Hall–Kier alpha value is -4.33. The summed E-state index contributed by atoms with van der Waals surface area (Å²) in [6.45, 7) is 2.77. The first kappa shape index (κ1) is 23.4.